The lowest BCUT2D eigenvalue weighted by atomic mass is 9.96. The monoisotopic (exact) mass is 203 g/mol. The molecule has 1 fully saturated rings. The molecule has 2 N–H and O–H groups in total. The van der Waals surface area contributed by atoms with Gasteiger partial charge in [-0.3, -0.25) is 9.59 Å². The Morgan fingerprint density at radius 3 is 2.40 bits per heavy atom. The maximum Gasteiger partial charge on any atom is 0.248 e. The van der Waals surface area contributed by atoms with E-state index in [9.17, 15) is 9.59 Å². The molecule has 2 rings (SSSR count). The fraction of sp³-hybridized carbons (Fsp3) is 0.333. The molecule has 1 aromatic carbocycles. The SMILES string of the molecule is NC(=O)c1ccc(C2CCC(=O)C2)cc1. The van der Waals surface area contributed by atoms with Crippen molar-refractivity contribution >= 4 is 11.7 Å². The highest BCUT2D eigenvalue weighted by Gasteiger charge is 2.23. The molecule has 3 nitrogen and oxygen atoms in total. The lowest BCUT2D eigenvalue weighted by Crippen LogP contribution is -2.10. The zero-order valence-electron chi connectivity index (χ0n) is 8.40. The van der Waals surface area contributed by atoms with Crippen LogP contribution in [0.15, 0.2) is 24.3 Å². The first kappa shape index (κ1) is 9.90. The summed E-state index contributed by atoms with van der Waals surface area (Å²) in [7, 11) is 0. The van der Waals surface area contributed by atoms with Gasteiger partial charge in [0.25, 0.3) is 0 Å². The molecular formula is C12H13NO2. The van der Waals surface area contributed by atoms with Gasteiger partial charge < -0.3 is 5.73 Å². The highest BCUT2D eigenvalue weighted by atomic mass is 16.1. The van der Waals surface area contributed by atoms with Crippen LogP contribution in [-0.2, 0) is 4.79 Å². The van der Waals surface area contributed by atoms with E-state index in [-0.39, 0.29) is 0 Å². The first-order valence-corrected chi connectivity index (χ1v) is 5.08. The van der Waals surface area contributed by atoms with E-state index in [1.807, 2.05) is 12.1 Å². The summed E-state index contributed by atoms with van der Waals surface area (Å²) in [5, 5.41) is 0. The molecule has 0 spiro atoms. The van der Waals surface area contributed by atoms with Crippen LogP contribution < -0.4 is 5.73 Å². The summed E-state index contributed by atoms with van der Waals surface area (Å²) in [6.45, 7) is 0. The van der Waals surface area contributed by atoms with Crippen molar-refractivity contribution in [2.45, 2.75) is 25.2 Å². The van der Waals surface area contributed by atoms with Crippen molar-refractivity contribution in [3.05, 3.63) is 35.4 Å². The van der Waals surface area contributed by atoms with Crippen LogP contribution in [0.2, 0.25) is 0 Å². The summed E-state index contributed by atoms with van der Waals surface area (Å²) < 4.78 is 0. The summed E-state index contributed by atoms with van der Waals surface area (Å²) in [5.41, 5.74) is 6.79. The molecule has 3 heteroatoms. The zero-order chi connectivity index (χ0) is 10.8. The quantitative estimate of drug-likeness (QED) is 0.794. The van der Waals surface area contributed by atoms with Crippen LogP contribution in [0.5, 0.6) is 0 Å². The summed E-state index contributed by atoms with van der Waals surface area (Å²) in [6, 6.07) is 7.23. The third-order valence-corrected chi connectivity index (χ3v) is 2.91. The van der Waals surface area contributed by atoms with Gasteiger partial charge in [0.15, 0.2) is 0 Å². The second kappa shape index (κ2) is 3.85. The summed E-state index contributed by atoms with van der Waals surface area (Å²) >= 11 is 0. The third kappa shape index (κ3) is 2.06. The number of rotatable bonds is 2. The molecule has 0 aliphatic heterocycles. The molecule has 78 valence electrons. The lowest BCUT2D eigenvalue weighted by molar-refractivity contribution is -0.117. The Balaban J connectivity index is 2.17. The molecule has 0 radical (unpaired) electrons. The lowest BCUT2D eigenvalue weighted by Gasteiger charge is -2.08. The van der Waals surface area contributed by atoms with Crippen LogP contribution in [-0.4, -0.2) is 11.7 Å². The number of ketones is 1. The smallest absolute Gasteiger partial charge is 0.248 e. The predicted octanol–water partition coefficient (Wildman–Crippen LogP) is 1.62. The van der Waals surface area contributed by atoms with Crippen molar-refractivity contribution in [3.63, 3.8) is 0 Å². The van der Waals surface area contributed by atoms with Gasteiger partial charge >= 0.3 is 0 Å². The van der Waals surface area contributed by atoms with Gasteiger partial charge in [-0.05, 0) is 30.0 Å². The van der Waals surface area contributed by atoms with E-state index in [1.54, 1.807) is 12.1 Å². The van der Waals surface area contributed by atoms with Crippen LogP contribution in [0.4, 0.5) is 0 Å². The first-order valence-electron chi connectivity index (χ1n) is 5.08. The third-order valence-electron chi connectivity index (χ3n) is 2.91. The van der Waals surface area contributed by atoms with Crippen molar-refractivity contribution < 1.29 is 9.59 Å². The molecule has 1 aromatic rings. The van der Waals surface area contributed by atoms with E-state index in [4.69, 9.17) is 5.73 Å². The average Bonchev–Trinajstić information content (AvgIpc) is 2.65. The van der Waals surface area contributed by atoms with E-state index in [1.165, 1.54) is 0 Å². The second-order valence-electron chi connectivity index (χ2n) is 3.96. The van der Waals surface area contributed by atoms with Crippen molar-refractivity contribution in [2.75, 3.05) is 0 Å². The minimum absolute atomic E-state index is 0.332. The maximum absolute atomic E-state index is 11.1. The number of Topliss-reactive ketones (excluding diaryl/α,β-unsaturated/α-hetero) is 1. The molecule has 0 heterocycles. The van der Waals surface area contributed by atoms with Gasteiger partial charge in [-0.25, -0.2) is 0 Å². The van der Waals surface area contributed by atoms with Crippen LogP contribution in [0.25, 0.3) is 0 Å². The van der Waals surface area contributed by atoms with E-state index in [0.29, 0.717) is 30.1 Å². The minimum atomic E-state index is -0.413. The molecule has 1 unspecified atom stereocenters. The van der Waals surface area contributed by atoms with Gasteiger partial charge in [0, 0.05) is 18.4 Å². The number of benzene rings is 1. The Labute approximate surface area is 88.3 Å². The standard InChI is InChI=1S/C12H13NO2/c13-12(15)9-3-1-8(2-4-9)10-5-6-11(14)7-10/h1-4,10H,5-7H2,(H2,13,15). The number of carbonyl (C=O) groups excluding carboxylic acids is 2. The van der Waals surface area contributed by atoms with Crippen LogP contribution in [0.1, 0.15) is 41.1 Å². The molecule has 0 aromatic heterocycles. The van der Waals surface area contributed by atoms with Gasteiger partial charge in [-0.1, -0.05) is 12.1 Å². The van der Waals surface area contributed by atoms with Gasteiger partial charge in [0.1, 0.15) is 5.78 Å². The van der Waals surface area contributed by atoms with Crippen molar-refractivity contribution in [3.8, 4) is 0 Å². The number of carbonyl (C=O) groups is 2. The molecule has 1 aliphatic rings. The fourth-order valence-electron chi connectivity index (χ4n) is 2.02. The minimum Gasteiger partial charge on any atom is -0.366 e. The second-order valence-corrected chi connectivity index (χ2v) is 3.96. The molecule has 0 saturated heterocycles. The van der Waals surface area contributed by atoms with E-state index in [0.717, 1.165) is 12.0 Å². The summed E-state index contributed by atoms with van der Waals surface area (Å²) in [5.74, 6) is 0.252. The molecule has 1 aliphatic carbocycles. The van der Waals surface area contributed by atoms with Gasteiger partial charge in [0.2, 0.25) is 5.91 Å². The van der Waals surface area contributed by atoms with Crippen molar-refractivity contribution in [2.24, 2.45) is 5.73 Å². The summed E-state index contributed by atoms with van der Waals surface area (Å²) in [6.07, 6.45) is 2.24. The number of nitrogens with two attached hydrogens (primary N) is 1. The molecule has 0 bridgehead atoms. The Kier molecular flexibility index (Phi) is 2.54. The van der Waals surface area contributed by atoms with Gasteiger partial charge in [-0.2, -0.15) is 0 Å². The van der Waals surface area contributed by atoms with E-state index >= 15 is 0 Å². The Morgan fingerprint density at radius 2 is 1.93 bits per heavy atom. The Hall–Kier alpha value is -1.64. The van der Waals surface area contributed by atoms with Gasteiger partial charge in [-0.15, -0.1) is 0 Å². The largest absolute Gasteiger partial charge is 0.366 e. The normalized spacial score (nSPS) is 20.5. The van der Waals surface area contributed by atoms with Crippen molar-refractivity contribution in [1.82, 2.24) is 0 Å². The Bertz CT molecular complexity index is 395. The van der Waals surface area contributed by atoms with Crippen LogP contribution in [0.3, 0.4) is 0 Å². The average molecular weight is 203 g/mol. The zero-order valence-corrected chi connectivity index (χ0v) is 8.40. The first-order chi connectivity index (χ1) is 7.16. The Morgan fingerprint density at radius 1 is 1.27 bits per heavy atom. The van der Waals surface area contributed by atoms with E-state index in [2.05, 4.69) is 0 Å². The predicted molar refractivity (Wildman–Crippen MR) is 56.6 cm³/mol. The summed E-state index contributed by atoms with van der Waals surface area (Å²) in [4.78, 5) is 22.0. The number of hydrogen-bond acceptors (Lipinski definition) is 2. The number of hydrogen-bond donors (Lipinski definition) is 1. The van der Waals surface area contributed by atoms with Gasteiger partial charge in [0.05, 0.1) is 0 Å². The molecular weight excluding hydrogens is 190 g/mol. The molecule has 1 saturated carbocycles. The molecule has 1 atom stereocenters. The number of amides is 1. The molecule has 1 amide bonds. The van der Waals surface area contributed by atoms with Crippen LogP contribution in [0, 0.1) is 0 Å². The van der Waals surface area contributed by atoms with Crippen molar-refractivity contribution in [1.29, 1.82) is 0 Å². The highest BCUT2D eigenvalue weighted by Crippen LogP contribution is 2.31. The molecule has 15 heavy (non-hydrogen) atoms. The fourth-order valence-corrected chi connectivity index (χ4v) is 2.02. The highest BCUT2D eigenvalue weighted by molar-refractivity contribution is 5.92. The van der Waals surface area contributed by atoms with Crippen LogP contribution >= 0.6 is 0 Å². The number of primary amides is 1. The topological polar surface area (TPSA) is 60.2 Å². The van der Waals surface area contributed by atoms with E-state index < -0.39 is 5.91 Å². The maximum atomic E-state index is 11.1.